The summed E-state index contributed by atoms with van der Waals surface area (Å²) in [6.07, 6.45) is 0.397. The molecule has 116 valence electrons. The summed E-state index contributed by atoms with van der Waals surface area (Å²) in [7, 11) is -3.70. The van der Waals surface area contributed by atoms with E-state index in [2.05, 4.69) is 4.72 Å². The number of Topliss-reactive ketones (excluding diaryl/α,β-unsaturated/α-hetero) is 1. The average Bonchev–Trinajstić information content (AvgIpc) is 2.43. The molecule has 0 radical (unpaired) electrons. The summed E-state index contributed by atoms with van der Waals surface area (Å²) in [4.78, 5) is 21.8. The molecule has 1 unspecified atom stereocenters. The zero-order chi connectivity index (χ0) is 16.0. The summed E-state index contributed by atoms with van der Waals surface area (Å²) < 4.78 is 26.7. The van der Waals surface area contributed by atoms with Gasteiger partial charge in [0.2, 0.25) is 10.0 Å². The van der Waals surface area contributed by atoms with E-state index in [1.807, 2.05) is 0 Å². The summed E-state index contributed by atoms with van der Waals surface area (Å²) in [6, 6.07) is 5.80. The van der Waals surface area contributed by atoms with Gasteiger partial charge in [0.05, 0.1) is 4.90 Å². The van der Waals surface area contributed by atoms with E-state index in [0.717, 1.165) is 0 Å². The zero-order valence-electron chi connectivity index (χ0n) is 12.0. The molecular weight excluding hydrogens is 294 g/mol. The highest BCUT2D eigenvalue weighted by Crippen LogP contribution is 2.13. The number of carboxylic acid groups (broad SMARTS) is 1. The van der Waals surface area contributed by atoms with Crippen LogP contribution >= 0.6 is 0 Å². The molecule has 2 N–H and O–H groups in total. The van der Waals surface area contributed by atoms with Crippen LogP contribution in [0.4, 0.5) is 0 Å². The number of carbonyl (C=O) groups excluding carboxylic acids is 1. The van der Waals surface area contributed by atoms with Crippen molar-refractivity contribution in [2.45, 2.75) is 31.6 Å². The fraction of sp³-hybridized carbons (Fsp3) is 0.429. The normalized spacial score (nSPS) is 12.9. The van der Waals surface area contributed by atoms with Crippen molar-refractivity contribution in [3.05, 3.63) is 29.8 Å². The van der Waals surface area contributed by atoms with E-state index in [-0.39, 0.29) is 29.6 Å². The van der Waals surface area contributed by atoms with Crippen molar-refractivity contribution >= 4 is 21.8 Å². The highest BCUT2D eigenvalue weighted by molar-refractivity contribution is 7.89. The third-order valence-electron chi connectivity index (χ3n) is 3.02. The fourth-order valence-electron chi connectivity index (χ4n) is 1.69. The number of hydrogen-bond donors (Lipinski definition) is 2. The summed E-state index contributed by atoms with van der Waals surface area (Å²) in [5.41, 5.74) is 0.330. The lowest BCUT2D eigenvalue weighted by molar-refractivity contribution is -0.137. The van der Waals surface area contributed by atoms with Crippen LogP contribution in [-0.2, 0) is 14.8 Å². The minimum atomic E-state index is -3.70. The molecule has 0 aromatic heterocycles. The second kappa shape index (κ2) is 7.33. The van der Waals surface area contributed by atoms with E-state index in [9.17, 15) is 18.0 Å². The zero-order valence-corrected chi connectivity index (χ0v) is 12.8. The molecule has 0 saturated carbocycles. The second-order valence-corrected chi connectivity index (χ2v) is 6.74. The molecule has 21 heavy (non-hydrogen) atoms. The molecule has 0 heterocycles. The first kappa shape index (κ1) is 17.3. The Bertz CT molecular complexity index is 624. The predicted molar refractivity (Wildman–Crippen MR) is 77.7 cm³/mol. The van der Waals surface area contributed by atoms with Gasteiger partial charge in [0.15, 0.2) is 5.78 Å². The van der Waals surface area contributed by atoms with Gasteiger partial charge in [0, 0.05) is 18.5 Å². The third kappa shape index (κ3) is 5.65. The molecule has 0 amide bonds. The summed E-state index contributed by atoms with van der Waals surface area (Å²) in [5, 5.41) is 8.58. The largest absolute Gasteiger partial charge is 0.481 e. The maximum atomic E-state index is 12.1. The van der Waals surface area contributed by atoms with Gasteiger partial charge in [-0.3, -0.25) is 9.59 Å². The lowest BCUT2D eigenvalue weighted by Gasteiger charge is -2.12. The lowest BCUT2D eigenvalue weighted by Crippen LogP contribution is -2.28. The smallest absolute Gasteiger partial charge is 0.303 e. The molecule has 0 fully saturated rings. The first-order chi connectivity index (χ1) is 9.72. The standard InChI is InChI=1S/C14H19NO5S/c1-10(6-7-14(17)18)9-15-21(19,20)13-5-3-4-12(8-13)11(2)16/h3-5,8,10,15H,6-7,9H2,1-2H3,(H,17,18). The van der Waals surface area contributed by atoms with E-state index >= 15 is 0 Å². The van der Waals surface area contributed by atoms with Crippen molar-refractivity contribution in [1.29, 1.82) is 0 Å². The van der Waals surface area contributed by atoms with Gasteiger partial charge in [-0.2, -0.15) is 0 Å². The van der Waals surface area contributed by atoms with Gasteiger partial charge < -0.3 is 5.11 Å². The molecule has 1 atom stereocenters. The van der Waals surface area contributed by atoms with Crippen molar-refractivity contribution in [2.24, 2.45) is 5.92 Å². The molecule has 0 spiro atoms. The quantitative estimate of drug-likeness (QED) is 0.711. The molecule has 1 aromatic carbocycles. The Balaban J connectivity index is 2.71. The van der Waals surface area contributed by atoms with Crippen LogP contribution in [0.3, 0.4) is 0 Å². The molecular formula is C14H19NO5S. The maximum absolute atomic E-state index is 12.1. The van der Waals surface area contributed by atoms with Crippen LogP contribution in [0.15, 0.2) is 29.2 Å². The van der Waals surface area contributed by atoms with Crippen molar-refractivity contribution in [1.82, 2.24) is 4.72 Å². The number of benzene rings is 1. The number of rotatable bonds is 8. The molecule has 1 rings (SSSR count). The Morgan fingerprint density at radius 1 is 1.33 bits per heavy atom. The molecule has 1 aromatic rings. The summed E-state index contributed by atoms with van der Waals surface area (Å²) in [6.45, 7) is 3.30. The topological polar surface area (TPSA) is 101 Å². The molecule has 7 heteroatoms. The maximum Gasteiger partial charge on any atom is 0.303 e. The molecule has 0 bridgehead atoms. The van der Waals surface area contributed by atoms with Gasteiger partial charge in [0.25, 0.3) is 0 Å². The first-order valence-electron chi connectivity index (χ1n) is 6.55. The number of sulfonamides is 1. The summed E-state index contributed by atoms with van der Waals surface area (Å²) >= 11 is 0. The SMILES string of the molecule is CC(=O)c1cccc(S(=O)(=O)NCC(C)CCC(=O)O)c1. The van der Waals surface area contributed by atoms with Gasteiger partial charge in [-0.1, -0.05) is 19.1 Å². The van der Waals surface area contributed by atoms with Crippen LogP contribution in [0.2, 0.25) is 0 Å². The van der Waals surface area contributed by atoms with E-state index in [0.29, 0.717) is 12.0 Å². The van der Waals surface area contributed by atoms with E-state index in [4.69, 9.17) is 5.11 Å². The second-order valence-electron chi connectivity index (χ2n) is 4.97. The van der Waals surface area contributed by atoms with Gasteiger partial charge in [-0.15, -0.1) is 0 Å². The number of nitrogens with one attached hydrogen (secondary N) is 1. The van der Waals surface area contributed by atoms with Crippen molar-refractivity contribution in [3.63, 3.8) is 0 Å². The first-order valence-corrected chi connectivity index (χ1v) is 8.03. The van der Waals surface area contributed by atoms with Crippen LogP contribution in [0.1, 0.15) is 37.0 Å². The van der Waals surface area contributed by atoms with E-state index in [1.54, 1.807) is 13.0 Å². The lowest BCUT2D eigenvalue weighted by atomic mass is 10.1. The average molecular weight is 313 g/mol. The van der Waals surface area contributed by atoms with Crippen LogP contribution in [-0.4, -0.2) is 31.8 Å². The molecule has 0 aliphatic carbocycles. The van der Waals surface area contributed by atoms with Crippen LogP contribution < -0.4 is 4.72 Å². The van der Waals surface area contributed by atoms with Crippen LogP contribution in [0.25, 0.3) is 0 Å². The van der Waals surface area contributed by atoms with Crippen molar-refractivity contribution < 1.29 is 23.1 Å². The third-order valence-corrected chi connectivity index (χ3v) is 4.44. The van der Waals surface area contributed by atoms with Crippen molar-refractivity contribution in [3.8, 4) is 0 Å². The number of hydrogen-bond acceptors (Lipinski definition) is 4. The number of aliphatic carboxylic acids is 1. The number of ketones is 1. The number of carboxylic acids is 1. The Hall–Kier alpha value is -1.73. The van der Waals surface area contributed by atoms with Crippen molar-refractivity contribution in [2.75, 3.05) is 6.54 Å². The van der Waals surface area contributed by atoms with E-state index in [1.165, 1.54) is 25.1 Å². The Kier molecular flexibility index (Phi) is 6.04. The van der Waals surface area contributed by atoms with Gasteiger partial charge in [-0.25, -0.2) is 13.1 Å². The molecule has 0 saturated heterocycles. The van der Waals surface area contributed by atoms with Gasteiger partial charge in [-0.05, 0) is 31.4 Å². The predicted octanol–water partition coefficient (Wildman–Crippen LogP) is 1.67. The Morgan fingerprint density at radius 3 is 2.57 bits per heavy atom. The monoisotopic (exact) mass is 313 g/mol. The minimum Gasteiger partial charge on any atom is -0.481 e. The highest BCUT2D eigenvalue weighted by atomic mass is 32.2. The van der Waals surface area contributed by atoms with Gasteiger partial charge in [0.1, 0.15) is 0 Å². The molecule has 0 aliphatic heterocycles. The highest BCUT2D eigenvalue weighted by Gasteiger charge is 2.16. The Labute approximate surface area is 124 Å². The minimum absolute atomic E-state index is 0.00269. The number of carbonyl (C=O) groups is 2. The van der Waals surface area contributed by atoms with Crippen LogP contribution in [0.5, 0.6) is 0 Å². The summed E-state index contributed by atoms with van der Waals surface area (Å²) in [5.74, 6) is -1.20. The van der Waals surface area contributed by atoms with Crippen LogP contribution in [0, 0.1) is 5.92 Å². The molecule has 0 aliphatic rings. The van der Waals surface area contributed by atoms with E-state index < -0.39 is 16.0 Å². The Morgan fingerprint density at radius 2 is 2.00 bits per heavy atom. The van der Waals surface area contributed by atoms with Gasteiger partial charge >= 0.3 is 5.97 Å². The fourth-order valence-corrected chi connectivity index (χ4v) is 2.90. The molecule has 6 nitrogen and oxygen atoms in total.